The Labute approximate surface area is 168 Å². The number of hydrogen-bond acceptors (Lipinski definition) is 4. The normalized spacial score (nSPS) is 18.1. The summed E-state index contributed by atoms with van der Waals surface area (Å²) >= 11 is 6.02. The molecule has 7 heteroatoms. The summed E-state index contributed by atoms with van der Waals surface area (Å²) in [5.41, 5.74) is 3.25. The van der Waals surface area contributed by atoms with Crippen LogP contribution in [0.2, 0.25) is 5.02 Å². The van der Waals surface area contributed by atoms with Gasteiger partial charge in [-0.25, -0.2) is 4.39 Å². The highest BCUT2D eigenvalue weighted by atomic mass is 35.5. The predicted octanol–water partition coefficient (Wildman–Crippen LogP) is 3.34. The lowest BCUT2D eigenvalue weighted by Crippen LogP contribution is -2.43. The van der Waals surface area contributed by atoms with Crippen molar-refractivity contribution in [3.05, 3.63) is 52.8 Å². The maximum absolute atomic E-state index is 13.8. The fourth-order valence-electron chi connectivity index (χ4n) is 3.61. The molecule has 0 atom stereocenters. The molecule has 0 saturated carbocycles. The van der Waals surface area contributed by atoms with Gasteiger partial charge in [-0.05, 0) is 35.4 Å². The summed E-state index contributed by atoms with van der Waals surface area (Å²) in [6.07, 6.45) is 0. The lowest BCUT2D eigenvalue weighted by molar-refractivity contribution is -0.123. The van der Waals surface area contributed by atoms with Gasteiger partial charge >= 0.3 is 0 Å². The molecule has 2 aliphatic heterocycles. The van der Waals surface area contributed by atoms with Gasteiger partial charge in [0.05, 0.1) is 19.8 Å². The van der Waals surface area contributed by atoms with E-state index in [0.29, 0.717) is 23.7 Å². The standard InChI is InChI=1S/C21H22ClFN2O3/c22-18-9-17(10-19(23)12-18)15-1-2-16-13-28-14-21(26)25(20(16)11-15)4-3-24-5-7-27-8-6-24/h1-2,9-12H,3-8,13-14H2. The molecule has 2 aromatic rings. The molecule has 148 valence electrons. The SMILES string of the molecule is O=C1COCc2ccc(-c3cc(F)cc(Cl)c3)cc2N1CCN1CCOCC1. The minimum atomic E-state index is -0.388. The second kappa shape index (κ2) is 8.57. The number of rotatable bonds is 4. The van der Waals surface area contributed by atoms with Crippen LogP contribution in [0.4, 0.5) is 10.1 Å². The first-order valence-electron chi connectivity index (χ1n) is 9.38. The number of amides is 1. The summed E-state index contributed by atoms with van der Waals surface area (Å²) in [6.45, 7) is 4.95. The molecule has 0 radical (unpaired) electrons. The second-order valence-corrected chi connectivity index (χ2v) is 7.43. The molecule has 4 rings (SSSR count). The molecule has 1 saturated heterocycles. The van der Waals surface area contributed by atoms with Crippen molar-refractivity contribution in [2.24, 2.45) is 0 Å². The molecule has 28 heavy (non-hydrogen) atoms. The summed E-state index contributed by atoms with van der Waals surface area (Å²) in [7, 11) is 0. The first-order chi connectivity index (χ1) is 13.6. The van der Waals surface area contributed by atoms with E-state index in [0.717, 1.165) is 49.7 Å². The second-order valence-electron chi connectivity index (χ2n) is 6.99. The van der Waals surface area contributed by atoms with E-state index in [4.69, 9.17) is 21.1 Å². The lowest BCUT2D eigenvalue weighted by Gasteiger charge is -2.30. The van der Waals surface area contributed by atoms with E-state index in [-0.39, 0.29) is 18.3 Å². The highest BCUT2D eigenvalue weighted by molar-refractivity contribution is 6.30. The van der Waals surface area contributed by atoms with Crippen molar-refractivity contribution in [1.82, 2.24) is 4.90 Å². The molecule has 2 heterocycles. The van der Waals surface area contributed by atoms with Crippen molar-refractivity contribution in [2.45, 2.75) is 6.61 Å². The maximum Gasteiger partial charge on any atom is 0.253 e. The molecule has 0 bridgehead atoms. The number of carbonyl (C=O) groups is 1. The zero-order chi connectivity index (χ0) is 19.5. The molecule has 1 fully saturated rings. The number of nitrogens with zero attached hydrogens (tertiary/aromatic N) is 2. The molecular formula is C21H22ClFN2O3. The van der Waals surface area contributed by atoms with Gasteiger partial charge in [-0.2, -0.15) is 0 Å². The fraction of sp³-hybridized carbons (Fsp3) is 0.381. The van der Waals surface area contributed by atoms with Crippen molar-refractivity contribution in [3.63, 3.8) is 0 Å². The first-order valence-corrected chi connectivity index (χ1v) is 9.75. The summed E-state index contributed by atoms with van der Waals surface area (Å²) in [4.78, 5) is 16.8. The first kappa shape index (κ1) is 19.3. The predicted molar refractivity (Wildman–Crippen MR) is 106 cm³/mol. The molecular weight excluding hydrogens is 383 g/mol. The van der Waals surface area contributed by atoms with Crippen LogP contribution in [0.15, 0.2) is 36.4 Å². The zero-order valence-corrected chi connectivity index (χ0v) is 16.3. The third kappa shape index (κ3) is 4.36. The van der Waals surface area contributed by atoms with Crippen LogP contribution in [-0.2, 0) is 20.9 Å². The van der Waals surface area contributed by atoms with Gasteiger partial charge in [0.25, 0.3) is 5.91 Å². The number of carbonyl (C=O) groups excluding carboxylic acids is 1. The van der Waals surface area contributed by atoms with Crippen molar-refractivity contribution >= 4 is 23.2 Å². The largest absolute Gasteiger partial charge is 0.379 e. The summed E-state index contributed by atoms with van der Waals surface area (Å²) < 4.78 is 24.7. The van der Waals surface area contributed by atoms with E-state index >= 15 is 0 Å². The van der Waals surface area contributed by atoms with E-state index < -0.39 is 0 Å². The van der Waals surface area contributed by atoms with Gasteiger partial charge in [-0.1, -0.05) is 23.7 Å². The zero-order valence-electron chi connectivity index (χ0n) is 15.5. The summed E-state index contributed by atoms with van der Waals surface area (Å²) in [6, 6.07) is 10.2. The molecule has 1 amide bonds. The highest BCUT2D eigenvalue weighted by Crippen LogP contribution is 2.32. The summed E-state index contributed by atoms with van der Waals surface area (Å²) in [5.74, 6) is -0.456. The van der Waals surface area contributed by atoms with Crippen molar-refractivity contribution in [1.29, 1.82) is 0 Å². The van der Waals surface area contributed by atoms with Gasteiger partial charge in [-0.15, -0.1) is 0 Å². The third-order valence-electron chi connectivity index (χ3n) is 5.10. The molecule has 5 nitrogen and oxygen atoms in total. The van der Waals surface area contributed by atoms with Crippen LogP contribution >= 0.6 is 11.6 Å². The van der Waals surface area contributed by atoms with E-state index in [1.807, 2.05) is 18.2 Å². The molecule has 2 aliphatic rings. The van der Waals surface area contributed by atoms with Gasteiger partial charge in [0.2, 0.25) is 0 Å². The smallest absolute Gasteiger partial charge is 0.253 e. The van der Waals surface area contributed by atoms with Crippen LogP contribution in [0, 0.1) is 5.82 Å². The number of anilines is 1. The number of hydrogen-bond donors (Lipinski definition) is 0. The quantitative estimate of drug-likeness (QED) is 0.783. The maximum atomic E-state index is 13.8. The van der Waals surface area contributed by atoms with E-state index in [1.54, 1.807) is 11.0 Å². The molecule has 0 unspecified atom stereocenters. The molecule has 2 aromatic carbocycles. The third-order valence-corrected chi connectivity index (χ3v) is 5.32. The minimum Gasteiger partial charge on any atom is -0.379 e. The topological polar surface area (TPSA) is 42.0 Å². The number of morpholine rings is 1. The molecule has 0 spiro atoms. The average molecular weight is 405 g/mol. The number of ether oxygens (including phenoxy) is 2. The Balaban J connectivity index is 1.63. The van der Waals surface area contributed by atoms with Gasteiger partial charge in [-0.3, -0.25) is 9.69 Å². The Bertz CT molecular complexity index is 850. The van der Waals surface area contributed by atoms with E-state index in [9.17, 15) is 9.18 Å². The monoisotopic (exact) mass is 404 g/mol. The van der Waals surface area contributed by atoms with E-state index in [1.165, 1.54) is 12.1 Å². The van der Waals surface area contributed by atoms with Crippen LogP contribution in [0.3, 0.4) is 0 Å². The Morgan fingerprint density at radius 1 is 0.964 bits per heavy atom. The number of benzene rings is 2. The fourth-order valence-corrected chi connectivity index (χ4v) is 3.83. The molecule has 0 N–H and O–H groups in total. The van der Waals surface area contributed by atoms with Crippen LogP contribution in [0.5, 0.6) is 0 Å². The Morgan fingerprint density at radius 3 is 2.57 bits per heavy atom. The van der Waals surface area contributed by atoms with Gasteiger partial charge in [0.1, 0.15) is 12.4 Å². The average Bonchev–Trinajstić information content (AvgIpc) is 2.84. The molecule has 0 aliphatic carbocycles. The lowest BCUT2D eigenvalue weighted by atomic mass is 10.0. The number of halogens is 2. The van der Waals surface area contributed by atoms with Crippen LogP contribution < -0.4 is 4.90 Å². The van der Waals surface area contributed by atoms with Crippen molar-refractivity contribution < 1.29 is 18.7 Å². The van der Waals surface area contributed by atoms with Crippen molar-refractivity contribution in [3.8, 4) is 11.1 Å². The van der Waals surface area contributed by atoms with Crippen LogP contribution in [0.1, 0.15) is 5.56 Å². The van der Waals surface area contributed by atoms with E-state index in [2.05, 4.69) is 4.90 Å². The van der Waals surface area contributed by atoms with Crippen LogP contribution in [0.25, 0.3) is 11.1 Å². The Kier molecular flexibility index (Phi) is 5.92. The Morgan fingerprint density at radius 2 is 1.79 bits per heavy atom. The summed E-state index contributed by atoms with van der Waals surface area (Å²) in [5, 5.41) is 0.341. The minimum absolute atomic E-state index is 0.0545. The van der Waals surface area contributed by atoms with Gasteiger partial charge in [0, 0.05) is 42.5 Å². The van der Waals surface area contributed by atoms with Gasteiger partial charge < -0.3 is 14.4 Å². The number of fused-ring (bicyclic) bond motifs is 1. The van der Waals surface area contributed by atoms with Crippen LogP contribution in [-0.4, -0.2) is 56.8 Å². The van der Waals surface area contributed by atoms with Gasteiger partial charge in [0.15, 0.2) is 0 Å². The highest BCUT2D eigenvalue weighted by Gasteiger charge is 2.24. The Hall–Kier alpha value is -1.99. The molecule has 0 aromatic heterocycles. The van der Waals surface area contributed by atoms with Crippen molar-refractivity contribution in [2.75, 3.05) is 50.9 Å².